The van der Waals surface area contributed by atoms with Crippen molar-refractivity contribution < 1.29 is 9.59 Å². The Morgan fingerprint density at radius 3 is 2.23 bits per heavy atom. The second-order valence-corrected chi connectivity index (χ2v) is 11.2. The number of hydrogen-bond donors (Lipinski definition) is 1. The Balaban J connectivity index is 1.26. The van der Waals surface area contributed by atoms with Crippen molar-refractivity contribution in [2.75, 3.05) is 6.54 Å². The number of nitrogens with zero attached hydrogens (tertiary/aromatic N) is 3. The molecule has 6 heteroatoms. The number of carbonyl (C=O) groups excluding carboxylic acids is 2. The van der Waals surface area contributed by atoms with Crippen LogP contribution in [0.5, 0.6) is 0 Å². The zero-order valence-corrected chi connectivity index (χ0v) is 19.3. The lowest BCUT2D eigenvalue weighted by Crippen LogP contribution is -2.63. The van der Waals surface area contributed by atoms with E-state index in [0.29, 0.717) is 12.6 Å². The average Bonchev–Trinajstić information content (AvgIpc) is 3.44. The van der Waals surface area contributed by atoms with Crippen LogP contribution in [-0.2, 0) is 18.4 Å². The van der Waals surface area contributed by atoms with Gasteiger partial charge >= 0.3 is 6.03 Å². The molecule has 170 valence electrons. The monoisotopic (exact) mass is 426 g/mol. The molecule has 0 unspecified atom stereocenters. The number of aromatic nitrogens is 1. The van der Waals surface area contributed by atoms with Crippen molar-refractivity contribution in [2.24, 2.45) is 24.8 Å². The second kappa shape index (κ2) is 7.86. The fraction of sp³-hybridized carbons (Fsp3) is 0.760. The zero-order chi connectivity index (χ0) is 21.8. The largest absolute Gasteiger partial charge is 0.353 e. The van der Waals surface area contributed by atoms with E-state index < -0.39 is 0 Å². The predicted molar refractivity (Wildman–Crippen MR) is 120 cm³/mol. The molecule has 1 aromatic rings. The topological polar surface area (TPSA) is 57.6 Å². The number of hydrogen-bond acceptors (Lipinski definition) is 2. The Morgan fingerprint density at radius 1 is 1.13 bits per heavy atom. The second-order valence-electron chi connectivity index (χ2n) is 11.2. The van der Waals surface area contributed by atoms with Crippen molar-refractivity contribution in [3.8, 4) is 0 Å². The van der Waals surface area contributed by atoms with Gasteiger partial charge < -0.3 is 19.7 Å². The average molecular weight is 427 g/mol. The highest BCUT2D eigenvalue weighted by Gasteiger charge is 2.52. The van der Waals surface area contributed by atoms with E-state index in [1.807, 2.05) is 38.1 Å². The zero-order valence-electron chi connectivity index (χ0n) is 19.3. The molecule has 6 nitrogen and oxygen atoms in total. The molecule has 3 amide bonds. The van der Waals surface area contributed by atoms with Crippen molar-refractivity contribution in [1.29, 1.82) is 0 Å². The lowest BCUT2D eigenvalue weighted by atomic mass is 9.53. The number of carbonyl (C=O) groups is 2. The van der Waals surface area contributed by atoms with Crippen molar-refractivity contribution in [3.63, 3.8) is 0 Å². The lowest BCUT2D eigenvalue weighted by Gasteiger charge is -2.57. The van der Waals surface area contributed by atoms with Crippen LogP contribution in [0.1, 0.15) is 70.9 Å². The highest BCUT2D eigenvalue weighted by molar-refractivity contribution is 5.85. The first-order valence-electron chi connectivity index (χ1n) is 12.3. The molecule has 0 radical (unpaired) electrons. The van der Waals surface area contributed by atoms with E-state index in [9.17, 15) is 9.59 Å². The number of aryl methyl sites for hydroxylation is 1. The third-order valence-electron chi connectivity index (χ3n) is 8.29. The number of amides is 3. The summed E-state index contributed by atoms with van der Waals surface area (Å²) < 4.78 is 2.07. The van der Waals surface area contributed by atoms with Crippen LogP contribution in [0.2, 0.25) is 0 Å². The Hall–Kier alpha value is -1.98. The van der Waals surface area contributed by atoms with Crippen LogP contribution in [0.15, 0.2) is 18.3 Å². The molecule has 1 N–H and O–H groups in total. The van der Waals surface area contributed by atoms with Crippen molar-refractivity contribution in [1.82, 2.24) is 19.7 Å². The normalized spacial score (nSPS) is 31.2. The van der Waals surface area contributed by atoms with E-state index in [0.717, 1.165) is 55.6 Å². The van der Waals surface area contributed by atoms with Gasteiger partial charge in [0.05, 0.1) is 6.54 Å². The molecule has 0 spiro atoms. The van der Waals surface area contributed by atoms with Crippen LogP contribution < -0.4 is 5.32 Å². The van der Waals surface area contributed by atoms with Gasteiger partial charge in [0.1, 0.15) is 6.54 Å². The van der Waals surface area contributed by atoms with Crippen LogP contribution in [-0.4, -0.2) is 50.5 Å². The minimum Gasteiger partial charge on any atom is -0.353 e. The van der Waals surface area contributed by atoms with E-state index in [1.165, 1.54) is 19.3 Å². The minimum absolute atomic E-state index is 0.00560. The third kappa shape index (κ3) is 4.22. The van der Waals surface area contributed by atoms with Crippen LogP contribution >= 0.6 is 0 Å². The summed E-state index contributed by atoms with van der Waals surface area (Å²) in [4.78, 5) is 30.5. The van der Waals surface area contributed by atoms with Gasteiger partial charge in [0.2, 0.25) is 5.91 Å². The Morgan fingerprint density at radius 2 is 1.74 bits per heavy atom. The van der Waals surface area contributed by atoms with E-state index in [4.69, 9.17) is 0 Å². The third-order valence-corrected chi connectivity index (χ3v) is 8.29. The molecule has 6 rings (SSSR count). The number of urea groups is 1. The molecule has 5 fully saturated rings. The van der Waals surface area contributed by atoms with E-state index in [1.54, 1.807) is 4.90 Å². The number of rotatable bonds is 7. The van der Waals surface area contributed by atoms with E-state index in [2.05, 4.69) is 16.0 Å². The molecule has 5 aliphatic rings. The Labute approximate surface area is 186 Å². The van der Waals surface area contributed by atoms with Crippen molar-refractivity contribution in [3.05, 3.63) is 24.0 Å². The first-order valence-corrected chi connectivity index (χ1v) is 12.3. The minimum atomic E-state index is -0.0417. The van der Waals surface area contributed by atoms with Gasteiger partial charge in [-0.05, 0) is 95.1 Å². The molecule has 5 saturated carbocycles. The maximum absolute atomic E-state index is 13.4. The molecule has 5 aliphatic carbocycles. The molecule has 0 aromatic carbocycles. The molecule has 4 bridgehead atoms. The summed E-state index contributed by atoms with van der Waals surface area (Å²) >= 11 is 0. The van der Waals surface area contributed by atoms with Gasteiger partial charge in [0.25, 0.3) is 0 Å². The highest BCUT2D eigenvalue weighted by Crippen LogP contribution is 2.55. The Bertz CT molecular complexity index is 805. The van der Waals surface area contributed by atoms with Gasteiger partial charge in [-0.1, -0.05) is 0 Å². The fourth-order valence-electron chi connectivity index (χ4n) is 6.93. The SMILES string of the molecule is CC(C)N(CC(=O)N(Cc1cccn1C)C1CC1)C(=O)NC12CC3CC(CC(C3)C1)C2. The summed E-state index contributed by atoms with van der Waals surface area (Å²) in [5.74, 6) is 2.43. The van der Waals surface area contributed by atoms with Gasteiger partial charge in [-0.2, -0.15) is 0 Å². The van der Waals surface area contributed by atoms with Gasteiger partial charge in [-0.25, -0.2) is 4.79 Å². The molecule has 1 aromatic heterocycles. The fourth-order valence-corrected chi connectivity index (χ4v) is 6.93. The molecule has 0 aliphatic heterocycles. The number of nitrogens with one attached hydrogen (secondary N) is 1. The van der Waals surface area contributed by atoms with Crippen LogP contribution in [0.3, 0.4) is 0 Å². The first-order chi connectivity index (χ1) is 14.8. The van der Waals surface area contributed by atoms with Gasteiger partial charge in [0.15, 0.2) is 0 Å². The summed E-state index contributed by atoms with van der Waals surface area (Å²) in [5.41, 5.74) is 1.11. The van der Waals surface area contributed by atoms with Crippen LogP contribution in [0.4, 0.5) is 4.79 Å². The Kier molecular flexibility index (Phi) is 5.30. The molecule has 31 heavy (non-hydrogen) atoms. The quantitative estimate of drug-likeness (QED) is 0.719. The van der Waals surface area contributed by atoms with Crippen LogP contribution in [0.25, 0.3) is 0 Å². The summed E-state index contributed by atoms with van der Waals surface area (Å²) in [5, 5.41) is 3.46. The standard InChI is InChI=1S/C25H38N4O2/c1-17(2)28(16-23(30)29(21-6-7-21)15-22-5-4-8-27(22)3)24(31)26-25-12-18-9-19(13-25)11-20(10-18)14-25/h4-5,8,17-21H,6-7,9-16H2,1-3H3,(H,26,31). The maximum Gasteiger partial charge on any atom is 0.318 e. The summed E-state index contributed by atoms with van der Waals surface area (Å²) in [7, 11) is 2.02. The lowest BCUT2D eigenvalue weighted by molar-refractivity contribution is -0.133. The van der Waals surface area contributed by atoms with Crippen molar-refractivity contribution in [2.45, 2.75) is 89.4 Å². The summed E-state index contributed by atoms with van der Waals surface area (Å²) in [6, 6.07) is 4.36. The van der Waals surface area contributed by atoms with E-state index in [-0.39, 0.29) is 30.1 Å². The maximum atomic E-state index is 13.4. The molecule has 0 saturated heterocycles. The smallest absolute Gasteiger partial charge is 0.318 e. The van der Waals surface area contributed by atoms with Crippen LogP contribution in [0, 0.1) is 17.8 Å². The summed E-state index contributed by atoms with van der Waals surface area (Å²) in [6.07, 6.45) is 11.6. The van der Waals surface area contributed by atoms with Gasteiger partial charge in [-0.3, -0.25) is 4.79 Å². The first kappa shape index (κ1) is 20.9. The molecule has 1 heterocycles. The van der Waals surface area contributed by atoms with E-state index >= 15 is 0 Å². The van der Waals surface area contributed by atoms with Gasteiger partial charge in [-0.15, -0.1) is 0 Å². The molecular formula is C25H38N4O2. The van der Waals surface area contributed by atoms with Gasteiger partial charge in [0, 0.05) is 36.6 Å². The van der Waals surface area contributed by atoms with Crippen molar-refractivity contribution >= 4 is 11.9 Å². The molecule has 0 atom stereocenters. The summed E-state index contributed by atoms with van der Waals surface area (Å²) in [6.45, 7) is 4.82. The highest BCUT2D eigenvalue weighted by atomic mass is 16.2. The predicted octanol–water partition coefficient (Wildman–Crippen LogP) is 3.90. The molecular weight excluding hydrogens is 388 g/mol.